The van der Waals surface area contributed by atoms with Crippen LogP contribution in [0.4, 0.5) is 0 Å². The van der Waals surface area contributed by atoms with Gasteiger partial charge in [-0.2, -0.15) is 4.31 Å². The molecule has 0 bridgehead atoms. The number of benzene rings is 1. The molecule has 0 saturated carbocycles. The normalized spacial score (nSPS) is 14.2. The van der Waals surface area contributed by atoms with Crippen molar-refractivity contribution in [2.24, 2.45) is 0 Å². The molecule has 0 spiro atoms. The maximum absolute atomic E-state index is 12.9. The fourth-order valence-corrected chi connectivity index (χ4v) is 4.93. The number of hydrogen-bond donors (Lipinski definition) is 0. The summed E-state index contributed by atoms with van der Waals surface area (Å²) in [6.45, 7) is 7.57. The molecule has 0 fully saturated rings. The van der Waals surface area contributed by atoms with E-state index in [2.05, 4.69) is 42.1 Å². The Hall–Kier alpha value is -0.770. The zero-order valence-electron chi connectivity index (χ0n) is 14.0. The second kappa shape index (κ2) is 6.86. The molecule has 132 valence electrons. The first kappa shape index (κ1) is 19.6. The van der Waals surface area contributed by atoms with E-state index in [1.807, 2.05) is 20.8 Å². The first-order valence-electron chi connectivity index (χ1n) is 7.21. The third-order valence-electron chi connectivity index (χ3n) is 3.54. The van der Waals surface area contributed by atoms with Crippen LogP contribution < -0.4 is 0 Å². The van der Waals surface area contributed by atoms with Crippen LogP contribution in [0.1, 0.15) is 45.5 Å². The van der Waals surface area contributed by atoms with Crippen molar-refractivity contribution in [3.63, 3.8) is 0 Å². The molecular weight excluding hydrogens is 462 g/mol. The van der Waals surface area contributed by atoms with E-state index in [4.69, 9.17) is 4.42 Å². The van der Waals surface area contributed by atoms with Crippen molar-refractivity contribution >= 4 is 41.9 Å². The summed E-state index contributed by atoms with van der Waals surface area (Å²) in [6, 6.07) is 4.33. The van der Waals surface area contributed by atoms with Crippen LogP contribution in [0.5, 0.6) is 0 Å². The van der Waals surface area contributed by atoms with Crippen molar-refractivity contribution in [2.45, 2.75) is 44.0 Å². The second-order valence-electron chi connectivity index (χ2n) is 6.47. The van der Waals surface area contributed by atoms with Gasteiger partial charge in [-0.3, -0.25) is 0 Å². The zero-order chi connectivity index (χ0) is 18.3. The summed E-state index contributed by atoms with van der Waals surface area (Å²) in [5.41, 5.74) is -0.294. The Morgan fingerprint density at radius 3 is 2.33 bits per heavy atom. The lowest BCUT2D eigenvalue weighted by molar-refractivity contribution is 0.301. The molecule has 0 amide bonds. The van der Waals surface area contributed by atoms with E-state index in [1.165, 1.54) is 11.4 Å². The van der Waals surface area contributed by atoms with Crippen molar-refractivity contribution in [2.75, 3.05) is 7.05 Å². The molecule has 1 unspecified atom stereocenters. The molecule has 1 aromatic carbocycles. The highest BCUT2D eigenvalue weighted by Gasteiger charge is 2.32. The first-order chi connectivity index (χ1) is 10.9. The van der Waals surface area contributed by atoms with Gasteiger partial charge in [0, 0.05) is 21.4 Å². The summed E-state index contributed by atoms with van der Waals surface area (Å²) in [6.07, 6.45) is 0. The highest BCUT2D eigenvalue weighted by Crippen LogP contribution is 2.32. The minimum absolute atomic E-state index is 0.176. The topological polar surface area (TPSA) is 76.3 Å². The molecule has 2 aromatic rings. The van der Waals surface area contributed by atoms with Gasteiger partial charge in [0.1, 0.15) is 6.04 Å². The van der Waals surface area contributed by atoms with Gasteiger partial charge >= 0.3 is 0 Å². The average molecular weight is 481 g/mol. The molecule has 0 aliphatic rings. The third kappa shape index (κ3) is 3.89. The third-order valence-corrected chi connectivity index (χ3v) is 6.93. The number of sulfonamides is 1. The molecule has 6 nitrogen and oxygen atoms in total. The lowest BCUT2D eigenvalue weighted by Crippen LogP contribution is -2.30. The lowest BCUT2D eigenvalue weighted by atomic mass is 9.97. The van der Waals surface area contributed by atoms with E-state index in [0.717, 1.165) is 4.47 Å². The number of halogens is 2. The molecule has 9 heteroatoms. The van der Waals surface area contributed by atoms with Crippen LogP contribution in [-0.2, 0) is 15.4 Å². The molecule has 1 heterocycles. The molecule has 1 atom stereocenters. The zero-order valence-corrected chi connectivity index (χ0v) is 18.0. The van der Waals surface area contributed by atoms with Gasteiger partial charge < -0.3 is 4.42 Å². The average Bonchev–Trinajstić information content (AvgIpc) is 2.95. The van der Waals surface area contributed by atoms with Gasteiger partial charge in [-0.05, 0) is 41.1 Å². The predicted octanol–water partition coefficient (Wildman–Crippen LogP) is 4.27. The van der Waals surface area contributed by atoms with Crippen LogP contribution >= 0.6 is 31.9 Å². The van der Waals surface area contributed by atoms with Gasteiger partial charge in [0.15, 0.2) is 0 Å². The molecule has 0 aliphatic carbocycles. The van der Waals surface area contributed by atoms with Crippen molar-refractivity contribution in [3.8, 4) is 0 Å². The van der Waals surface area contributed by atoms with E-state index >= 15 is 0 Å². The Morgan fingerprint density at radius 2 is 1.83 bits per heavy atom. The van der Waals surface area contributed by atoms with E-state index in [-0.39, 0.29) is 16.2 Å². The van der Waals surface area contributed by atoms with E-state index < -0.39 is 16.1 Å². The van der Waals surface area contributed by atoms with Gasteiger partial charge in [0.05, 0.1) is 4.90 Å². The Kier molecular flexibility index (Phi) is 5.59. The van der Waals surface area contributed by atoms with E-state index in [0.29, 0.717) is 10.4 Å². The van der Waals surface area contributed by atoms with Crippen LogP contribution in [0.2, 0.25) is 0 Å². The maximum atomic E-state index is 12.9. The van der Waals surface area contributed by atoms with Crippen LogP contribution in [0.15, 0.2) is 36.5 Å². The Labute approximate surface area is 159 Å². The molecule has 0 aliphatic heterocycles. The van der Waals surface area contributed by atoms with Gasteiger partial charge in [-0.15, -0.1) is 10.2 Å². The Balaban J connectivity index is 2.35. The first-order valence-corrected chi connectivity index (χ1v) is 10.2. The Bertz CT molecular complexity index is 844. The summed E-state index contributed by atoms with van der Waals surface area (Å²) in [5, 5.41) is 8.03. The Morgan fingerprint density at radius 1 is 1.21 bits per heavy atom. The standard InChI is InChI=1S/C15H19Br2N3O3S/c1-9(13-18-19-14(23-13)15(2,3)4)20(5)24(21,22)12-7-6-10(16)8-11(12)17/h6-9H,1-5H3. The summed E-state index contributed by atoms with van der Waals surface area (Å²) >= 11 is 6.61. The molecule has 0 saturated heterocycles. The predicted molar refractivity (Wildman–Crippen MR) is 98.2 cm³/mol. The van der Waals surface area contributed by atoms with E-state index in [9.17, 15) is 8.42 Å². The smallest absolute Gasteiger partial charge is 0.244 e. The number of hydrogen-bond acceptors (Lipinski definition) is 5. The largest absolute Gasteiger partial charge is 0.423 e. The number of rotatable bonds is 4. The second-order valence-corrected chi connectivity index (χ2v) is 10.2. The molecular formula is C15H19Br2N3O3S. The van der Waals surface area contributed by atoms with Crippen molar-refractivity contribution in [1.82, 2.24) is 14.5 Å². The van der Waals surface area contributed by atoms with Crippen molar-refractivity contribution < 1.29 is 12.8 Å². The van der Waals surface area contributed by atoms with Crippen LogP contribution in [0, 0.1) is 0 Å². The van der Waals surface area contributed by atoms with Crippen molar-refractivity contribution in [3.05, 3.63) is 38.9 Å². The molecule has 0 radical (unpaired) electrons. The number of nitrogens with zero attached hydrogens (tertiary/aromatic N) is 3. The summed E-state index contributed by atoms with van der Waals surface area (Å²) in [7, 11) is -2.23. The minimum atomic E-state index is -3.72. The molecule has 1 aromatic heterocycles. The fraction of sp³-hybridized carbons (Fsp3) is 0.467. The van der Waals surface area contributed by atoms with Gasteiger partial charge in [0.25, 0.3) is 0 Å². The van der Waals surface area contributed by atoms with Crippen LogP contribution in [0.25, 0.3) is 0 Å². The highest BCUT2D eigenvalue weighted by atomic mass is 79.9. The summed E-state index contributed by atoms with van der Waals surface area (Å²) in [4.78, 5) is 0.176. The number of aromatic nitrogens is 2. The maximum Gasteiger partial charge on any atom is 0.244 e. The molecule has 0 N–H and O–H groups in total. The van der Waals surface area contributed by atoms with Gasteiger partial charge in [0.2, 0.25) is 21.8 Å². The minimum Gasteiger partial charge on any atom is -0.423 e. The quantitative estimate of drug-likeness (QED) is 0.652. The van der Waals surface area contributed by atoms with E-state index in [1.54, 1.807) is 25.1 Å². The molecule has 2 rings (SSSR count). The summed E-state index contributed by atoms with van der Waals surface area (Å²) < 4.78 is 33.9. The molecule has 24 heavy (non-hydrogen) atoms. The van der Waals surface area contributed by atoms with Crippen LogP contribution in [-0.4, -0.2) is 30.0 Å². The van der Waals surface area contributed by atoms with Gasteiger partial charge in [-0.25, -0.2) is 8.42 Å². The van der Waals surface area contributed by atoms with Gasteiger partial charge in [-0.1, -0.05) is 36.7 Å². The lowest BCUT2D eigenvalue weighted by Gasteiger charge is -2.22. The summed E-state index contributed by atoms with van der Waals surface area (Å²) in [5.74, 6) is 0.735. The van der Waals surface area contributed by atoms with Crippen LogP contribution in [0.3, 0.4) is 0 Å². The monoisotopic (exact) mass is 479 g/mol. The highest BCUT2D eigenvalue weighted by molar-refractivity contribution is 9.11. The SMILES string of the molecule is CC(c1nnc(C(C)(C)C)o1)N(C)S(=O)(=O)c1ccc(Br)cc1Br. The fourth-order valence-electron chi connectivity index (χ4n) is 1.91. The van der Waals surface area contributed by atoms with Crippen molar-refractivity contribution in [1.29, 1.82) is 0 Å².